The fourth-order valence-electron chi connectivity index (χ4n) is 1.57. The van der Waals surface area contributed by atoms with E-state index in [4.69, 9.17) is 5.73 Å². The molecule has 1 rings (SSSR count). The van der Waals surface area contributed by atoms with E-state index < -0.39 is 8.96 Å². The maximum atomic E-state index is 11.5. The number of nitrogens with two attached hydrogens (primary N) is 1. The van der Waals surface area contributed by atoms with Gasteiger partial charge in [-0.25, -0.2) is 0 Å². The van der Waals surface area contributed by atoms with Crippen LogP contribution in [0.15, 0.2) is 11.0 Å². The maximum Gasteiger partial charge on any atom is 0.249 e. The minimum absolute atomic E-state index is 0.0428. The third-order valence-corrected chi connectivity index (χ3v) is 5.37. The number of carbonyl (C=O) groups excluding carboxylic acids is 1. The van der Waals surface area contributed by atoms with Crippen LogP contribution in [0.25, 0.3) is 0 Å². The molecule has 1 atom stereocenters. The first-order valence-corrected chi connectivity index (χ1v) is 7.26. The maximum absolute atomic E-state index is 11.5. The minimum Gasteiger partial charge on any atom is -0.377 e. The lowest BCUT2D eigenvalue weighted by molar-refractivity contribution is -0.115. The number of rotatable bonds is 2. The van der Waals surface area contributed by atoms with E-state index in [0.717, 1.165) is 24.9 Å². The average molecular weight is 229 g/mol. The molecule has 0 saturated carbocycles. The first-order chi connectivity index (χ1) is 6.63. The third-order valence-electron chi connectivity index (χ3n) is 2.36. The van der Waals surface area contributed by atoms with Crippen LogP contribution in [-0.4, -0.2) is 20.9 Å². The normalized spacial score (nSPS) is 24.8. The Morgan fingerprint density at radius 2 is 2.43 bits per heavy atom. The lowest BCUT2D eigenvalue weighted by atomic mass is 10.2. The molecule has 0 unspecified atom stereocenters. The predicted molar refractivity (Wildman–Crippen MR) is 63.5 cm³/mol. The molecule has 0 aromatic rings. The number of thiol groups is 1. The van der Waals surface area contributed by atoms with E-state index in [1.165, 1.54) is 0 Å². The molecule has 14 heavy (non-hydrogen) atoms. The molecule has 79 valence electrons. The van der Waals surface area contributed by atoms with Crippen LogP contribution in [0, 0.1) is 0 Å². The van der Waals surface area contributed by atoms with Gasteiger partial charge in [0.2, 0.25) is 5.91 Å². The van der Waals surface area contributed by atoms with Gasteiger partial charge in [-0.05, 0) is 25.4 Å². The Balaban J connectivity index is 2.40. The zero-order valence-corrected chi connectivity index (χ0v) is 10.3. The topological polar surface area (TPSA) is 55.1 Å². The summed E-state index contributed by atoms with van der Waals surface area (Å²) in [7, 11) is -0.765. The Hall–Kier alpha value is -0.263. The van der Waals surface area contributed by atoms with Gasteiger partial charge >= 0.3 is 0 Å². The summed E-state index contributed by atoms with van der Waals surface area (Å²) in [4.78, 5) is 15.0. The summed E-state index contributed by atoms with van der Waals surface area (Å²) in [6, 6.07) is 2.41. The molecule has 1 fully saturated rings. The predicted octanol–water partition coefficient (Wildman–Crippen LogP) is 1.05. The largest absolute Gasteiger partial charge is 0.377 e. The van der Waals surface area contributed by atoms with Crippen LogP contribution >= 0.6 is 12.6 Å². The summed E-state index contributed by atoms with van der Waals surface area (Å²) in [6.45, 7) is 1.81. The molecule has 1 amide bonds. The first-order valence-electron chi connectivity index (χ1n) is 4.90. The highest BCUT2D eigenvalue weighted by Gasteiger charge is 2.23. The summed E-state index contributed by atoms with van der Waals surface area (Å²) in [5, 5.41) is 0. The van der Waals surface area contributed by atoms with E-state index in [1.807, 2.05) is 6.92 Å². The number of carbonyl (C=O) groups is 1. The third kappa shape index (κ3) is 3.47. The van der Waals surface area contributed by atoms with Crippen molar-refractivity contribution >= 4 is 27.5 Å². The zero-order chi connectivity index (χ0) is 10.6. The van der Waals surface area contributed by atoms with Crippen LogP contribution < -0.4 is 10.7 Å². The molecule has 1 aliphatic heterocycles. The van der Waals surface area contributed by atoms with Crippen molar-refractivity contribution in [1.82, 2.24) is 4.98 Å². The SMILES string of the molecule is C/C=C(\S)C(=O)N[Si]1CCC[C@H](N)C1. The van der Waals surface area contributed by atoms with Crippen molar-refractivity contribution in [3.8, 4) is 0 Å². The van der Waals surface area contributed by atoms with Crippen LogP contribution in [-0.2, 0) is 4.79 Å². The van der Waals surface area contributed by atoms with Gasteiger partial charge in [-0.3, -0.25) is 4.79 Å². The Kier molecular flexibility index (Phi) is 4.70. The molecule has 1 saturated heterocycles. The van der Waals surface area contributed by atoms with Crippen LogP contribution in [0.5, 0.6) is 0 Å². The number of nitrogens with one attached hydrogen (secondary N) is 1. The summed E-state index contributed by atoms with van der Waals surface area (Å²) in [5.41, 5.74) is 5.85. The molecule has 0 aromatic carbocycles. The van der Waals surface area contributed by atoms with Crippen molar-refractivity contribution in [2.24, 2.45) is 5.73 Å². The average Bonchev–Trinajstić information content (AvgIpc) is 2.16. The molecule has 1 heterocycles. The Morgan fingerprint density at radius 3 is 3.00 bits per heavy atom. The van der Waals surface area contributed by atoms with Gasteiger partial charge in [0.15, 0.2) is 8.96 Å². The Morgan fingerprint density at radius 1 is 1.71 bits per heavy atom. The number of hydrogen-bond donors (Lipinski definition) is 3. The van der Waals surface area contributed by atoms with Gasteiger partial charge in [0.1, 0.15) is 0 Å². The van der Waals surface area contributed by atoms with Gasteiger partial charge in [-0.2, -0.15) is 0 Å². The summed E-state index contributed by atoms with van der Waals surface area (Å²) in [5.74, 6) is -0.0428. The summed E-state index contributed by atoms with van der Waals surface area (Å²) in [6.07, 6.45) is 3.96. The summed E-state index contributed by atoms with van der Waals surface area (Å²) >= 11 is 4.08. The van der Waals surface area contributed by atoms with Gasteiger partial charge in [-0.1, -0.05) is 12.5 Å². The molecule has 3 N–H and O–H groups in total. The molecule has 3 nitrogen and oxygen atoms in total. The lowest BCUT2D eigenvalue weighted by Gasteiger charge is -2.25. The Bertz CT molecular complexity index is 245. The molecule has 1 radical (unpaired) electrons. The standard InChI is InChI=1S/C9H17N2OSSi/c1-2-8(13)9(12)11-14-5-3-4-7(10)6-14/h2,7,13H,3-6,10H2,1H3,(H,11,12)/b8-2-/t7-/m0/s1. The number of allylic oxidation sites excluding steroid dienone is 1. The summed E-state index contributed by atoms with van der Waals surface area (Å²) < 4.78 is 0. The molecule has 0 bridgehead atoms. The monoisotopic (exact) mass is 229 g/mol. The van der Waals surface area contributed by atoms with Crippen LogP contribution in [0.1, 0.15) is 19.8 Å². The van der Waals surface area contributed by atoms with Gasteiger partial charge in [-0.15, -0.1) is 12.6 Å². The number of amides is 1. The number of hydrogen-bond acceptors (Lipinski definition) is 3. The second-order valence-electron chi connectivity index (χ2n) is 3.59. The van der Waals surface area contributed by atoms with Crippen molar-refractivity contribution in [2.75, 3.05) is 0 Å². The van der Waals surface area contributed by atoms with Crippen LogP contribution in [0.3, 0.4) is 0 Å². The fraction of sp³-hybridized carbons (Fsp3) is 0.667. The van der Waals surface area contributed by atoms with E-state index in [-0.39, 0.29) is 11.9 Å². The van der Waals surface area contributed by atoms with Gasteiger partial charge < -0.3 is 10.7 Å². The second-order valence-corrected chi connectivity index (χ2v) is 6.44. The van der Waals surface area contributed by atoms with Crippen molar-refractivity contribution in [2.45, 2.75) is 37.9 Å². The molecule has 0 aromatic heterocycles. The van der Waals surface area contributed by atoms with E-state index in [9.17, 15) is 4.79 Å². The van der Waals surface area contributed by atoms with Crippen molar-refractivity contribution < 1.29 is 4.79 Å². The van der Waals surface area contributed by atoms with Gasteiger partial charge in [0.05, 0.1) is 4.91 Å². The van der Waals surface area contributed by atoms with E-state index in [0.29, 0.717) is 4.91 Å². The van der Waals surface area contributed by atoms with Crippen molar-refractivity contribution in [3.05, 3.63) is 11.0 Å². The molecular weight excluding hydrogens is 212 g/mol. The smallest absolute Gasteiger partial charge is 0.249 e. The van der Waals surface area contributed by atoms with Crippen molar-refractivity contribution in [3.63, 3.8) is 0 Å². The Labute approximate surface area is 92.2 Å². The van der Waals surface area contributed by atoms with Gasteiger partial charge in [0.25, 0.3) is 0 Å². The molecular formula is C9H17N2OSSi. The molecule has 0 aliphatic carbocycles. The molecule has 5 heteroatoms. The van der Waals surface area contributed by atoms with Gasteiger partial charge in [0, 0.05) is 6.04 Å². The van der Waals surface area contributed by atoms with E-state index in [2.05, 4.69) is 17.6 Å². The highest BCUT2D eigenvalue weighted by molar-refractivity contribution is 7.85. The van der Waals surface area contributed by atoms with Crippen LogP contribution in [0.4, 0.5) is 0 Å². The molecule has 0 spiro atoms. The second kappa shape index (κ2) is 5.58. The minimum atomic E-state index is -0.765. The van der Waals surface area contributed by atoms with Crippen LogP contribution in [0.2, 0.25) is 12.1 Å². The highest BCUT2D eigenvalue weighted by atomic mass is 32.1. The van der Waals surface area contributed by atoms with E-state index >= 15 is 0 Å². The highest BCUT2D eigenvalue weighted by Crippen LogP contribution is 2.16. The quantitative estimate of drug-likeness (QED) is 0.377. The molecule has 1 aliphatic rings. The van der Waals surface area contributed by atoms with Crippen molar-refractivity contribution in [1.29, 1.82) is 0 Å². The zero-order valence-electron chi connectivity index (χ0n) is 8.42. The van der Waals surface area contributed by atoms with E-state index in [1.54, 1.807) is 6.08 Å². The fourth-order valence-corrected chi connectivity index (χ4v) is 4.08. The lowest BCUT2D eigenvalue weighted by Crippen LogP contribution is -2.45. The first kappa shape index (κ1) is 11.8.